The summed E-state index contributed by atoms with van der Waals surface area (Å²) in [6.07, 6.45) is 0.280. The Balaban J connectivity index is 1.48. The Hall–Kier alpha value is -3.65. The first-order valence-electron chi connectivity index (χ1n) is 12.7. The molecule has 14 heteroatoms. The first kappa shape index (κ1) is 26.6. The van der Waals surface area contributed by atoms with Crippen molar-refractivity contribution in [1.82, 2.24) is 28.8 Å². The number of amides is 1. The molecule has 4 aromatic rings. The second kappa shape index (κ2) is 10.1. The molecule has 1 fully saturated rings. The Labute approximate surface area is 234 Å². The molecule has 1 N–H and O–H groups in total. The summed E-state index contributed by atoms with van der Waals surface area (Å²) in [6.45, 7) is -1.06. The standard InChI is InChI=1S/C26H25BrF3N7O3/c1-34-13-15-10-18(23(34)39)19-12-31-37(17-3-4-17)24(19)40-9-8-35(14-26(28,29)30)6-7-36-21-11-16(27)2-5-20(21)32-25(36)33-22(15)38/h2,5,10-13,17H,3-4,6-9,14H2,1H3,(H,32,33,38). The molecule has 0 spiro atoms. The molecule has 1 saturated carbocycles. The van der Waals surface area contributed by atoms with E-state index in [-0.39, 0.29) is 54.9 Å². The van der Waals surface area contributed by atoms with Gasteiger partial charge in [-0.15, -0.1) is 0 Å². The Kier molecular flexibility index (Phi) is 6.69. The Morgan fingerprint density at radius 2 is 1.93 bits per heavy atom. The Morgan fingerprint density at radius 3 is 2.67 bits per heavy atom. The lowest BCUT2D eigenvalue weighted by atomic mass is 10.1. The number of fused-ring (bicyclic) bond motifs is 7. The van der Waals surface area contributed by atoms with Crippen molar-refractivity contribution in [1.29, 1.82) is 0 Å². The van der Waals surface area contributed by atoms with Crippen molar-refractivity contribution in [2.45, 2.75) is 31.6 Å². The van der Waals surface area contributed by atoms with Gasteiger partial charge in [0.1, 0.15) is 6.61 Å². The van der Waals surface area contributed by atoms with Crippen molar-refractivity contribution in [2.24, 2.45) is 7.05 Å². The van der Waals surface area contributed by atoms with Crippen LogP contribution < -0.4 is 15.6 Å². The van der Waals surface area contributed by atoms with Crippen molar-refractivity contribution in [3.63, 3.8) is 0 Å². The number of carbonyl (C=O) groups excluding carboxylic acids is 1. The number of nitrogens with zero attached hydrogens (tertiary/aromatic N) is 6. The quantitative estimate of drug-likeness (QED) is 0.361. The van der Waals surface area contributed by atoms with Crippen molar-refractivity contribution in [3.05, 3.63) is 57.0 Å². The molecule has 210 valence electrons. The number of aromatic nitrogens is 5. The van der Waals surface area contributed by atoms with E-state index in [4.69, 9.17) is 4.74 Å². The molecular weight excluding hydrogens is 595 g/mol. The van der Waals surface area contributed by atoms with Gasteiger partial charge in [0.2, 0.25) is 11.8 Å². The summed E-state index contributed by atoms with van der Waals surface area (Å²) in [6, 6.07) is 6.93. The van der Waals surface area contributed by atoms with Crippen molar-refractivity contribution >= 4 is 38.8 Å². The number of nitrogens with one attached hydrogen (secondary N) is 1. The number of halogens is 4. The van der Waals surface area contributed by atoms with Crippen molar-refractivity contribution in [3.8, 4) is 17.0 Å². The van der Waals surface area contributed by atoms with Crippen LogP contribution in [0.3, 0.4) is 0 Å². The molecule has 1 aliphatic carbocycles. The van der Waals surface area contributed by atoms with Crippen LogP contribution in [-0.4, -0.2) is 67.1 Å². The highest BCUT2D eigenvalue weighted by Gasteiger charge is 2.33. The maximum Gasteiger partial charge on any atom is 0.401 e. The van der Waals surface area contributed by atoms with Crippen LogP contribution in [0.1, 0.15) is 29.2 Å². The van der Waals surface area contributed by atoms with Gasteiger partial charge in [-0.05, 0) is 37.1 Å². The number of benzene rings is 1. The molecule has 2 bridgehead atoms. The Bertz CT molecular complexity index is 1670. The van der Waals surface area contributed by atoms with E-state index in [0.29, 0.717) is 22.5 Å². The minimum Gasteiger partial charge on any atom is -0.476 e. The lowest BCUT2D eigenvalue weighted by molar-refractivity contribution is -0.146. The summed E-state index contributed by atoms with van der Waals surface area (Å²) in [5, 5.41) is 7.22. The van der Waals surface area contributed by atoms with Gasteiger partial charge < -0.3 is 13.9 Å². The Morgan fingerprint density at radius 1 is 1.12 bits per heavy atom. The van der Waals surface area contributed by atoms with Gasteiger partial charge in [0, 0.05) is 37.4 Å². The molecule has 0 atom stereocenters. The first-order valence-corrected chi connectivity index (χ1v) is 13.5. The average Bonchev–Trinajstić information content (AvgIpc) is 3.56. The zero-order valence-corrected chi connectivity index (χ0v) is 23.0. The van der Waals surface area contributed by atoms with E-state index < -0.39 is 18.6 Å². The smallest absolute Gasteiger partial charge is 0.401 e. The summed E-state index contributed by atoms with van der Waals surface area (Å²) in [5.74, 6) is -0.0249. The lowest BCUT2D eigenvalue weighted by Crippen LogP contribution is -2.39. The van der Waals surface area contributed by atoms with Gasteiger partial charge in [-0.2, -0.15) is 18.3 Å². The van der Waals surface area contributed by atoms with E-state index in [1.807, 2.05) is 0 Å². The van der Waals surface area contributed by atoms with Crippen LogP contribution >= 0.6 is 15.9 Å². The number of alkyl halides is 3. The molecule has 4 heterocycles. The molecule has 10 nitrogen and oxygen atoms in total. The number of carbonyl (C=O) groups is 1. The first-order chi connectivity index (χ1) is 19.1. The fraction of sp³-hybridized carbons (Fsp3) is 0.385. The minimum absolute atomic E-state index is 0.0197. The molecule has 1 aliphatic heterocycles. The highest BCUT2D eigenvalue weighted by molar-refractivity contribution is 9.10. The number of hydrogen-bond donors (Lipinski definition) is 1. The highest BCUT2D eigenvalue weighted by atomic mass is 79.9. The number of pyridine rings is 1. The van der Waals surface area contributed by atoms with E-state index >= 15 is 0 Å². The van der Waals surface area contributed by atoms with Crippen molar-refractivity contribution < 1.29 is 22.7 Å². The summed E-state index contributed by atoms with van der Waals surface area (Å²) < 4.78 is 52.1. The predicted molar refractivity (Wildman–Crippen MR) is 145 cm³/mol. The van der Waals surface area contributed by atoms with Gasteiger partial charge in [0.25, 0.3) is 11.5 Å². The van der Waals surface area contributed by atoms with Crippen LogP contribution in [0.25, 0.3) is 22.2 Å². The van der Waals surface area contributed by atoms with Gasteiger partial charge in [0.15, 0.2) is 0 Å². The van der Waals surface area contributed by atoms with Crippen LogP contribution in [0.15, 0.2) is 45.9 Å². The number of rotatable bonds is 2. The summed E-state index contributed by atoms with van der Waals surface area (Å²) in [7, 11) is 1.55. The van der Waals surface area contributed by atoms with Crippen LogP contribution in [0.2, 0.25) is 0 Å². The summed E-state index contributed by atoms with van der Waals surface area (Å²) in [4.78, 5) is 32.5. The van der Waals surface area contributed by atoms with Gasteiger partial charge in [-0.3, -0.25) is 19.8 Å². The maximum absolute atomic E-state index is 13.5. The molecular formula is C26H25BrF3N7O3. The van der Waals surface area contributed by atoms with Gasteiger partial charge in [-0.1, -0.05) is 15.9 Å². The largest absolute Gasteiger partial charge is 0.476 e. The normalized spacial score (nSPS) is 17.0. The number of ether oxygens (including phenoxy) is 1. The zero-order chi connectivity index (χ0) is 28.2. The van der Waals surface area contributed by atoms with Crippen LogP contribution in [-0.2, 0) is 13.6 Å². The van der Waals surface area contributed by atoms with E-state index in [1.165, 1.54) is 27.9 Å². The monoisotopic (exact) mass is 619 g/mol. The topological polar surface area (TPSA) is 99.2 Å². The van der Waals surface area contributed by atoms with Gasteiger partial charge in [0.05, 0.1) is 46.5 Å². The fourth-order valence-electron chi connectivity index (χ4n) is 4.92. The number of anilines is 1. The van der Waals surface area contributed by atoms with Crippen LogP contribution in [0.5, 0.6) is 5.88 Å². The maximum atomic E-state index is 13.5. The third-order valence-corrected chi connectivity index (χ3v) is 7.50. The average molecular weight is 620 g/mol. The second-order valence-corrected chi connectivity index (χ2v) is 10.9. The summed E-state index contributed by atoms with van der Waals surface area (Å²) >= 11 is 3.43. The molecule has 1 aromatic carbocycles. The predicted octanol–water partition coefficient (Wildman–Crippen LogP) is 4.20. The number of imidazole rings is 1. The third kappa shape index (κ3) is 5.24. The minimum atomic E-state index is -4.42. The van der Waals surface area contributed by atoms with Gasteiger partial charge in [-0.25, -0.2) is 9.67 Å². The number of hydrogen-bond acceptors (Lipinski definition) is 6. The molecule has 6 rings (SSSR count). The van der Waals surface area contributed by atoms with E-state index in [1.54, 1.807) is 34.5 Å². The molecule has 0 saturated heterocycles. The molecule has 3 aromatic heterocycles. The van der Waals surface area contributed by atoms with Crippen LogP contribution in [0.4, 0.5) is 19.1 Å². The molecule has 0 unspecified atom stereocenters. The molecule has 2 aliphatic rings. The van der Waals surface area contributed by atoms with E-state index in [9.17, 15) is 22.8 Å². The third-order valence-electron chi connectivity index (χ3n) is 7.00. The summed E-state index contributed by atoms with van der Waals surface area (Å²) in [5.41, 5.74) is 1.65. The molecule has 40 heavy (non-hydrogen) atoms. The SMILES string of the molecule is Cn1cc2cc(c1=O)-c1cnn(C3CC3)c1OCCN(CC(F)(F)F)CCn1c(nc3ccc(Br)cc31)NC2=O. The van der Waals surface area contributed by atoms with Crippen molar-refractivity contribution in [2.75, 3.05) is 31.6 Å². The second-order valence-electron chi connectivity index (χ2n) is 10.0. The number of aryl methyl sites for hydroxylation is 1. The highest BCUT2D eigenvalue weighted by Crippen LogP contribution is 2.41. The van der Waals surface area contributed by atoms with Crippen LogP contribution in [0, 0.1) is 0 Å². The molecule has 1 amide bonds. The van der Waals surface area contributed by atoms with Gasteiger partial charge >= 0.3 is 6.18 Å². The zero-order valence-electron chi connectivity index (χ0n) is 21.4. The van der Waals surface area contributed by atoms with E-state index in [2.05, 4.69) is 31.3 Å². The molecule has 0 radical (unpaired) electrons. The van der Waals surface area contributed by atoms with E-state index in [0.717, 1.165) is 17.3 Å². The fourth-order valence-corrected chi connectivity index (χ4v) is 5.26. The lowest BCUT2D eigenvalue weighted by Gasteiger charge is -2.24.